The van der Waals surface area contributed by atoms with Crippen molar-refractivity contribution < 1.29 is 0 Å². The molecule has 0 heterocycles. The van der Waals surface area contributed by atoms with Crippen LogP contribution >= 0.6 is 43.6 Å². The van der Waals surface area contributed by atoms with Crippen molar-refractivity contribution in [3.8, 4) is 11.8 Å². The first-order valence-corrected chi connectivity index (χ1v) is 7.71. The minimum absolute atomic E-state index is 0.00317. The Hall–Kier alpha value is 0.0900. The van der Waals surface area contributed by atoms with E-state index in [1.807, 2.05) is 0 Å². The van der Waals surface area contributed by atoms with Gasteiger partial charge in [-0.1, -0.05) is 27.8 Å². The molecule has 0 fully saturated rings. The molecular weight excluding hydrogens is 348 g/mol. The highest BCUT2D eigenvalue weighted by molar-refractivity contribution is 9.11. The van der Waals surface area contributed by atoms with Crippen molar-refractivity contribution in [3.63, 3.8) is 0 Å². The van der Waals surface area contributed by atoms with E-state index in [9.17, 15) is 0 Å². The zero-order valence-electron chi connectivity index (χ0n) is 9.82. The number of benzene rings is 1. The van der Waals surface area contributed by atoms with Crippen LogP contribution in [0.15, 0.2) is 21.1 Å². The number of hydrogen-bond donors (Lipinski definition) is 0. The average molecular weight is 362 g/mol. The molecule has 0 amide bonds. The predicted molar refractivity (Wildman–Crippen MR) is 81.1 cm³/mol. The first kappa shape index (κ1) is 14.2. The van der Waals surface area contributed by atoms with Gasteiger partial charge in [-0.05, 0) is 60.7 Å². The summed E-state index contributed by atoms with van der Waals surface area (Å²) in [5.74, 6) is 6.50. The van der Waals surface area contributed by atoms with Crippen LogP contribution in [0.3, 0.4) is 0 Å². The first-order valence-electron chi connectivity index (χ1n) is 4.90. The molecule has 3 heteroatoms. The standard InChI is InChI=1S/C13H14Br2S/c1-9-7-12(15)10(8-11(9)14)5-6-13(2,3)16-4/h7-8H,1-4H3. The van der Waals surface area contributed by atoms with E-state index >= 15 is 0 Å². The van der Waals surface area contributed by atoms with Gasteiger partial charge in [0.05, 0.1) is 4.75 Å². The molecule has 0 bridgehead atoms. The molecule has 16 heavy (non-hydrogen) atoms. The third-order valence-electron chi connectivity index (χ3n) is 2.26. The predicted octanol–water partition coefficient (Wildman–Crippen LogP) is 5.01. The lowest BCUT2D eigenvalue weighted by atomic mass is 10.1. The number of rotatable bonds is 1. The molecule has 1 aromatic rings. The summed E-state index contributed by atoms with van der Waals surface area (Å²) in [6.07, 6.45) is 2.08. The van der Waals surface area contributed by atoms with Crippen LogP contribution in [0.25, 0.3) is 0 Å². The minimum atomic E-state index is -0.00317. The van der Waals surface area contributed by atoms with Gasteiger partial charge < -0.3 is 0 Å². The maximum Gasteiger partial charge on any atom is 0.0709 e. The Morgan fingerprint density at radius 2 is 1.81 bits per heavy atom. The van der Waals surface area contributed by atoms with E-state index in [0.29, 0.717) is 0 Å². The molecule has 0 radical (unpaired) electrons. The lowest BCUT2D eigenvalue weighted by Gasteiger charge is -2.12. The molecule has 0 saturated heterocycles. The van der Waals surface area contributed by atoms with Gasteiger partial charge in [0.1, 0.15) is 0 Å². The van der Waals surface area contributed by atoms with Gasteiger partial charge in [0, 0.05) is 14.5 Å². The summed E-state index contributed by atoms with van der Waals surface area (Å²) < 4.78 is 2.15. The van der Waals surface area contributed by atoms with Crippen LogP contribution in [-0.2, 0) is 0 Å². The molecule has 1 rings (SSSR count). The minimum Gasteiger partial charge on any atom is -0.146 e. The normalized spacial score (nSPS) is 10.9. The van der Waals surface area contributed by atoms with Gasteiger partial charge in [0.25, 0.3) is 0 Å². The van der Waals surface area contributed by atoms with Crippen LogP contribution in [0, 0.1) is 18.8 Å². The molecule has 0 nitrogen and oxygen atoms in total. The van der Waals surface area contributed by atoms with Crippen LogP contribution in [0.4, 0.5) is 0 Å². The second-order valence-corrected chi connectivity index (χ2v) is 7.18. The van der Waals surface area contributed by atoms with Crippen molar-refractivity contribution in [2.45, 2.75) is 25.5 Å². The van der Waals surface area contributed by atoms with E-state index in [1.165, 1.54) is 5.56 Å². The molecule has 86 valence electrons. The third-order valence-corrected chi connectivity index (χ3v) is 4.89. The molecule has 1 aromatic carbocycles. The number of hydrogen-bond acceptors (Lipinski definition) is 1. The Balaban J connectivity index is 3.11. The Kier molecular flexibility index (Phi) is 4.97. The lowest BCUT2D eigenvalue weighted by Crippen LogP contribution is -2.09. The molecule has 0 atom stereocenters. The lowest BCUT2D eigenvalue weighted by molar-refractivity contribution is 0.937. The third kappa shape index (κ3) is 3.84. The summed E-state index contributed by atoms with van der Waals surface area (Å²) in [6.45, 7) is 6.32. The number of aryl methyl sites for hydroxylation is 1. The van der Waals surface area contributed by atoms with Crippen molar-refractivity contribution in [1.29, 1.82) is 0 Å². The van der Waals surface area contributed by atoms with Gasteiger partial charge >= 0.3 is 0 Å². The monoisotopic (exact) mass is 360 g/mol. The zero-order valence-corrected chi connectivity index (χ0v) is 13.8. The van der Waals surface area contributed by atoms with Crippen molar-refractivity contribution in [3.05, 3.63) is 32.2 Å². The van der Waals surface area contributed by atoms with Gasteiger partial charge in [-0.3, -0.25) is 0 Å². The molecule has 0 saturated carbocycles. The second-order valence-electron chi connectivity index (χ2n) is 4.05. The number of halogens is 2. The van der Waals surface area contributed by atoms with Gasteiger partial charge in [-0.25, -0.2) is 0 Å². The maximum atomic E-state index is 3.54. The fourth-order valence-corrected chi connectivity index (χ4v) is 2.06. The van der Waals surface area contributed by atoms with E-state index in [4.69, 9.17) is 0 Å². The van der Waals surface area contributed by atoms with E-state index in [0.717, 1.165) is 14.5 Å². The molecule has 0 aromatic heterocycles. The smallest absolute Gasteiger partial charge is 0.0709 e. The van der Waals surface area contributed by atoms with Crippen LogP contribution in [0.2, 0.25) is 0 Å². The van der Waals surface area contributed by atoms with E-state index in [1.54, 1.807) is 11.8 Å². The topological polar surface area (TPSA) is 0 Å². The molecule has 0 aliphatic rings. The van der Waals surface area contributed by atoms with Crippen LogP contribution in [-0.4, -0.2) is 11.0 Å². The molecule has 0 spiro atoms. The van der Waals surface area contributed by atoms with Crippen LogP contribution in [0.1, 0.15) is 25.0 Å². The van der Waals surface area contributed by atoms with Gasteiger partial charge in [0.15, 0.2) is 0 Å². The van der Waals surface area contributed by atoms with Crippen molar-refractivity contribution in [2.75, 3.05) is 6.26 Å². The first-order chi connectivity index (χ1) is 7.35. The van der Waals surface area contributed by atoms with Crippen molar-refractivity contribution in [2.24, 2.45) is 0 Å². The Morgan fingerprint density at radius 1 is 1.19 bits per heavy atom. The molecule has 0 unspecified atom stereocenters. The highest BCUT2D eigenvalue weighted by atomic mass is 79.9. The van der Waals surface area contributed by atoms with Crippen molar-refractivity contribution in [1.82, 2.24) is 0 Å². The molecule has 0 N–H and O–H groups in total. The quantitative estimate of drug-likeness (QED) is 0.633. The summed E-state index contributed by atoms with van der Waals surface area (Å²) in [6, 6.07) is 4.14. The van der Waals surface area contributed by atoms with E-state index < -0.39 is 0 Å². The Morgan fingerprint density at radius 3 is 2.38 bits per heavy atom. The van der Waals surface area contributed by atoms with Gasteiger partial charge in [0.2, 0.25) is 0 Å². The van der Waals surface area contributed by atoms with E-state index in [2.05, 4.69) is 82.9 Å². The Bertz CT molecular complexity index is 453. The number of thioether (sulfide) groups is 1. The highest BCUT2D eigenvalue weighted by Crippen LogP contribution is 2.26. The van der Waals surface area contributed by atoms with E-state index in [-0.39, 0.29) is 4.75 Å². The van der Waals surface area contributed by atoms with Crippen LogP contribution in [0.5, 0.6) is 0 Å². The van der Waals surface area contributed by atoms with Gasteiger partial charge in [-0.2, -0.15) is 0 Å². The summed E-state index contributed by atoms with van der Waals surface area (Å²) in [5, 5.41) is 0. The Labute approximate surface area is 119 Å². The molecule has 0 aliphatic heterocycles. The fourth-order valence-electron chi connectivity index (χ4n) is 1.01. The fraction of sp³-hybridized carbons (Fsp3) is 0.385. The maximum absolute atomic E-state index is 3.54. The SMILES string of the molecule is CSC(C)(C)C#Cc1cc(Br)c(C)cc1Br. The zero-order chi connectivity index (χ0) is 12.3. The summed E-state index contributed by atoms with van der Waals surface area (Å²) in [5.41, 5.74) is 2.24. The largest absolute Gasteiger partial charge is 0.146 e. The summed E-state index contributed by atoms with van der Waals surface area (Å²) in [4.78, 5) is 0. The second kappa shape index (κ2) is 5.62. The summed E-state index contributed by atoms with van der Waals surface area (Å²) >= 11 is 8.82. The van der Waals surface area contributed by atoms with Crippen molar-refractivity contribution >= 4 is 43.6 Å². The van der Waals surface area contributed by atoms with Crippen LogP contribution < -0.4 is 0 Å². The highest BCUT2D eigenvalue weighted by Gasteiger charge is 2.11. The molecular formula is C13H14Br2S. The van der Waals surface area contributed by atoms with Gasteiger partial charge in [-0.15, -0.1) is 11.8 Å². The summed E-state index contributed by atoms with van der Waals surface area (Å²) in [7, 11) is 0. The molecule has 0 aliphatic carbocycles. The average Bonchev–Trinajstić information content (AvgIpc) is 2.22.